The number of benzene rings is 1. The lowest BCUT2D eigenvalue weighted by molar-refractivity contribution is -0.148. The van der Waals surface area contributed by atoms with E-state index < -0.39 is 11.8 Å². The second kappa shape index (κ2) is 8.24. The third-order valence-electron chi connectivity index (χ3n) is 2.88. The lowest BCUT2D eigenvalue weighted by Crippen LogP contribution is -2.41. The van der Waals surface area contributed by atoms with Gasteiger partial charge < -0.3 is 14.4 Å². The normalized spacial score (nSPS) is 10.3. The zero-order chi connectivity index (χ0) is 15.8. The molecule has 0 aromatic heterocycles. The quantitative estimate of drug-likeness (QED) is 0.722. The van der Waals surface area contributed by atoms with Gasteiger partial charge in [-0.3, -0.25) is 9.59 Å². The topological polar surface area (TPSA) is 55.8 Å². The summed E-state index contributed by atoms with van der Waals surface area (Å²) in [6.07, 6.45) is 0.0590. The Balaban J connectivity index is 2.50. The fourth-order valence-corrected chi connectivity index (χ4v) is 1.72. The van der Waals surface area contributed by atoms with E-state index in [2.05, 4.69) is 4.74 Å². The molecule has 0 atom stereocenters. The molecule has 5 nitrogen and oxygen atoms in total. The Labute approximate surface area is 123 Å². The van der Waals surface area contributed by atoms with Crippen LogP contribution in [0.1, 0.15) is 20.3 Å². The van der Waals surface area contributed by atoms with Crippen LogP contribution in [0.5, 0.6) is 5.75 Å². The van der Waals surface area contributed by atoms with Crippen molar-refractivity contribution >= 4 is 11.9 Å². The summed E-state index contributed by atoms with van der Waals surface area (Å²) in [5, 5.41) is 0. The molecule has 0 radical (unpaired) electrons. The molecule has 1 amide bonds. The predicted molar refractivity (Wildman–Crippen MR) is 75.4 cm³/mol. The zero-order valence-electron chi connectivity index (χ0n) is 12.5. The molecule has 21 heavy (non-hydrogen) atoms. The highest BCUT2D eigenvalue weighted by atomic mass is 19.1. The van der Waals surface area contributed by atoms with E-state index in [4.69, 9.17) is 4.74 Å². The highest BCUT2D eigenvalue weighted by molar-refractivity contribution is 5.82. The van der Waals surface area contributed by atoms with Gasteiger partial charge in [-0.1, -0.05) is 12.1 Å². The van der Waals surface area contributed by atoms with Crippen LogP contribution in [0.25, 0.3) is 0 Å². The number of hydrogen-bond acceptors (Lipinski definition) is 4. The molecule has 0 fully saturated rings. The van der Waals surface area contributed by atoms with Crippen molar-refractivity contribution in [3.8, 4) is 5.75 Å². The minimum Gasteiger partial charge on any atom is -0.490 e. The molecule has 0 saturated heterocycles. The maximum absolute atomic E-state index is 13.3. The first-order valence-electron chi connectivity index (χ1n) is 6.69. The number of ether oxygens (including phenoxy) is 2. The SMILES string of the molecule is COC(=O)CN(C(=O)CCOc1ccccc1F)C(C)C. The molecule has 0 aliphatic rings. The monoisotopic (exact) mass is 297 g/mol. The molecule has 1 rings (SSSR count). The first-order chi connectivity index (χ1) is 9.95. The number of hydrogen-bond donors (Lipinski definition) is 0. The summed E-state index contributed by atoms with van der Waals surface area (Å²) in [4.78, 5) is 24.7. The van der Waals surface area contributed by atoms with Gasteiger partial charge in [-0.2, -0.15) is 0 Å². The van der Waals surface area contributed by atoms with Crippen molar-refractivity contribution in [3.63, 3.8) is 0 Å². The van der Waals surface area contributed by atoms with Gasteiger partial charge in [0.05, 0.1) is 20.1 Å². The standard InChI is InChI=1S/C15H20FNO4/c1-11(2)17(10-15(19)20-3)14(18)8-9-21-13-7-5-4-6-12(13)16/h4-7,11H,8-10H2,1-3H3. The second-order valence-corrected chi connectivity index (χ2v) is 4.72. The number of nitrogens with zero attached hydrogens (tertiary/aromatic N) is 1. The van der Waals surface area contributed by atoms with Gasteiger partial charge in [-0.15, -0.1) is 0 Å². The van der Waals surface area contributed by atoms with Crippen LogP contribution >= 0.6 is 0 Å². The minimum absolute atomic E-state index is 0.0458. The molecule has 0 unspecified atom stereocenters. The maximum atomic E-state index is 13.3. The number of rotatable bonds is 7. The van der Waals surface area contributed by atoms with Gasteiger partial charge in [0, 0.05) is 6.04 Å². The summed E-state index contributed by atoms with van der Waals surface area (Å²) < 4.78 is 23.1. The highest BCUT2D eigenvalue weighted by Gasteiger charge is 2.20. The lowest BCUT2D eigenvalue weighted by atomic mass is 10.2. The summed E-state index contributed by atoms with van der Waals surface area (Å²) in [6, 6.07) is 5.86. The van der Waals surface area contributed by atoms with Gasteiger partial charge >= 0.3 is 5.97 Å². The van der Waals surface area contributed by atoms with Crippen molar-refractivity contribution in [2.45, 2.75) is 26.3 Å². The molecular formula is C15H20FNO4. The molecule has 0 spiro atoms. The summed E-state index contributed by atoms with van der Waals surface area (Å²) >= 11 is 0. The largest absolute Gasteiger partial charge is 0.490 e. The fraction of sp³-hybridized carbons (Fsp3) is 0.467. The van der Waals surface area contributed by atoms with Crippen LogP contribution in [-0.4, -0.2) is 43.1 Å². The predicted octanol–water partition coefficient (Wildman–Crippen LogP) is 2.00. The van der Waals surface area contributed by atoms with Gasteiger partial charge in [0.15, 0.2) is 11.6 Å². The number of esters is 1. The molecule has 1 aromatic rings. The Morgan fingerprint density at radius 3 is 2.52 bits per heavy atom. The van der Waals surface area contributed by atoms with Crippen LogP contribution in [0.4, 0.5) is 4.39 Å². The number of amides is 1. The molecule has 116 valence electrons. The first kappa shape index (κ1) is 16.9. The van der Waals surface area contributed by atoms with E-state index in [1.54, 1.807) is 26.0 Å². The number of carbonyl (C=O) groups is 2. The summed E-state index contributed by atoms with van der Waals surface area (Å²) in [6.45, 7) is 3.55. The fourth-order valence-electron chi connectivity index (χ4n) is 1.72. The Morgan fingerprint density at radius 2 is 1.95 bits per heavy atom. The molecule has 0 heterocycles. The van der Waals surface area contributed by atoms with Crippen LogP contribution in [0.15, 0.2) is 24.3 Å². The maximum Gasteiger partial charge on any atom is 0.325 e. The van der Waals surface area contributed by atoms with Crippen LogP contribution in [0.3, 0.4) is 0 Å². The van der Waals surface area contributed by atoms with E-state index in [1.807, 2.05) is 0 Å². The molecule has 1 aromatic carbocycles. The van der Waals surface area contributed by atoms with Crippen LogP contribution in [0, 0.1) is 5.82 Å². The average Bonchev–Trinajstić information content (AvgIpc) is 2.45. The lowest BCUT2D eigenvalue weighted by Gasteiger charge is -2.25. The van der Waals surface area contributed by atoms with Crippen molar-refractivity contribution in [1.82, 2.24) is 4.90 Å². The van der Waals surface area contributed by atoms with Crippen molar-refractivity contribution in [3.05, 3.63) is 30.1 Å². The van der Waals surface area contributed by atoms with Crippen LogP contribution in [0.2, 0.25) is 0 Å². The Bertz CT molecular complexity index is 490. The van der Waals surface area contributed by atoms with Crippen molar-refractivity contribution in [2.24, 2.45) is 0 Å². The zero-order valence-corrected chi connectivity index (χ0v) is 12.5. The molecule has 0 aliphatic carbocycles. The first-order valence-corrected chi connectivity index (χ1v) is 6.69. The van der Waals surface area contributed by atoms with E-state index in [1.165, 1.54) is 24.1 Å². The minimum atomic E-state index is -0.480. The third kappa shape index (κ3) is 5.41. The molecule has 0 aliphatic heterocycles. The molecule has 6 heteroatoms. The van der Waals surface area contributed by atoms with E-state index in [-0.39, 0.29) is 37.3 Å². The molecular weight excluding hydrogens is 277 g/mol. The van der Waals surface area contributed by atoms with Gasteiger partial charge in [0.1, 0.15) is 6.54 Å². The molecule has 0 bridgehead atoms. The van der Waals surface area contributed by atoms with Gasteiger partial charge in [0.2, 0.25) is 5.91 Å². The number of para-hydroxylation sites is 1. The Hall–Kier alpha value is -2.11. The van der Waals surface area contributed by atoms with Crippen LogP contribution in [-0.2, 0) is 14.3 Å². The van der Waals surface area contributed by atoms with Gasteiger partial charge in [-0.25, -0.2) is 4.39 Å². The number of carbonyl (C=O) groups excluding carboxylic acids is 2. The second-order valence-electron chi connectivity index (χ2n) is 4.72. The smallest absolute Gasteiger partial charge is 0.325 e. The van der Waals surface area contributed by atoms with E-state index in [0.29, 0.717) is 0 Å². The van der Waals surface area contributed by atoms with Crippen molar-refractivity contribution in [2.75, 3.05) is 20.3 Å². The van der Waals surface area contributed by atoms with Gasteiger partial charge in [-0.05, 0) is 26.0 Å². The highest BCUT2D eigenvalue weighted by Crippen LogP contribution is 2.15. The molecule has 0 saturated carbocycles. The number of halogens is 1. The average molecular weight is 297 g/mol. The Kier molecular flexibility index (Phi) is 6.65. The number of methoxy groups -OCH3 is 1. The van der Waals surface area contributed by atoms with Gasteiger partial charge in [0.25, 0.3) is 0 Å². The summed E-state index contributed by atoms with van der Waals surface area (Å²) in [7, 11) is 1.27. The summed E-state index contributed by atoms with van der Waals surface area (Å²) in [5.74, 6) is -1.09. The third-order valence-corrected chi connectivity index (χ3v) is 2.88. The van der Waals surface area contributed by atoms with E-state index in [9.17, 15) is 14.0 Å². The van der Waals surface area contributed by atoms with Crippen molar-refractivity contribution in [1.29, 1.82) is 0 Å². The Morgan fingerprint density at radius 1 is 1.29 bits per heavy atom. The summed E-state index contributed by atoms with van der Waals surface area (Å²) in [5.41, 5.74) is 0. The van der Waals surface area contributed by atoms with Crippen LogP contribution < -0.4 is 4.74 Å². The van der Waals surface area contributed by atoms with E-state index in [0.717, 1.165) is 0 Å². The molecule has 0 N–H and O–H groups in total. The van der Waals surface area contributed by atoms with E-state index >= 15 is 0 Å². The van der Waals surface area contributed by atoms with Crippen molar-refractivity contribution < 1.29 is 23.5 Å².